The highest BCUT2D eigenvalue weighted by atomic mass is 35.5. The van der Waals surface area contributed by atoms with Gasteiger partial charge in [0, 0.05) is 16.1 Å². The van der Waals surface area contributed by atoms with Gasteiger partial charge in [-0.15, -0.1) is 0 Å². The third-order valence-corrected chi connectivity index (χ3v) is 5.89. The highest BCUT2D eigenvalue weighted by Gasteiger charge is 2.40. The SMILES string of the molecule is OC1(c2ccccc2-c2cccc(Cl)c2)c2ccccc2C=Cc2ccc(F)cc21. The van der Waals surface area contributed by atoms with Crippen molar-refractivity contribution in [3.8, 4) is 11.1 Å². The Balaban J connectivity index is 1.88. The van der Waals surface area contributed by atoms with Gasteiger partial charge in [0.1, 0.15) is 11.4 Å². The van der Waals surface area contributed by atoms with Crippen molar-refractivity contribution in [1.82, 2.24) is 0 Å². The average molecular weight is 413 g/mol. The van der Waals surface area contributed by atoms with E-state index in [1.165, 1.54) is 12.1 Å². The first-order valence-corrected chi connectivity index (χ1v) is 10.1. The van der Waals surface area contributed by atoms with Crippen LogP contribution in [-0.2, 0) is 5.60 Å². The van der Waals surface area contributed by atoms with Crippen LogP contribution in [-0.4, -0.2) is 5.11 Å². The molecule has 0 aliphatic heterocycles. The molecule has 0 aromatic heterocycles. The molecule has 4 aromatic rings. The van der Waals surface area contributed by atoms with Crippen LogP contribution >= 0.6 is 11.6 Å². The lowest BCUT2D eigenvalue weighted by molar-refractivity contribution is 0.125. The van der Waals surface area contributed by atoms with Crippen molar-refractivity contribution in [2.24, 2.45) is 0 Å². The van der Waals surface area contributed by atoms with Gasteiger partial charge in [-0.2, -0.15) is 0 Å². The third-order valence-electron chi connectivity index (χ3n) is 5.65. The van der Waals surface area contributed by atoms with Gasteiger partial charge in [-0.25, -0.2) is 4.39 Å². The van der Waals surface area contributed by atoms with Crippen molar-refractivity contribution < 1.29 is 9.50 Å². The topological polar surface area (TPSA) is 20.2 Å². The number of hydrogen-bond donors (Lipinski definition) is 1. The summed E-state index contributed by atoms with van der Waals surface area (Å²) in [6.45, 7) is 0. The molecule has 0 spiro atoms. The van der Waals surface area contributed by atoms with E-state index in [0.29, 0.717) is 21.7 Å². The standard InChI is InChI=1S/C27H18ClFO/c28-21-8-5-7-20(16-21)23-9-2-4-11-25(23)27(30)24-10-3-1-6-18(24)12-13-19-14-15-22(29)17-26(19)27/h1-17,30H. The largest absolute Gasteiger partial charge is 0.376 e. The van der Waals surface area contributed by atoms with Crippen molar-refractivity contribution in [1.29, 1.82) is 0 Å². The van der Waals surface area contributed by atoms with Crippen LogP contribution in [0.25, 0.3) is 23.3 Å². The molecule has 0 radical (unpaired) electrons. The number of halogens is 2. The Morgan fingerprint density at radius 2 is 1.37 bits per heavy atom. The molecule has 146 valence electrons. The number of aliphatic hydroxyl groups is 1. The van der Waals surface area contributed by atoms with Crippen LogP contribution in [0, 0.1) is 5.82 Å². The molecule has 0 amide bonds. The van der Waals surface area contributed by atoms with E-state index in [2.05, 4.69) is 0 Å². The number of fused-ring (bicyclic) bond motifs is 2. The Morgan fingerprint density at radius 3 is 2.17 bits per heavy atom. The summed E-state index contributed by atoms with van der Waals surface area (Å²) in [6.07, 6.45) is 3.89. The molecule has 1 nitrogen and oxygen atoms in total. The summed E-state index contributed by atoms with van der Waals surface area (Å²) in [5.41, 5.74) is 3.74. The fourth-order valence-electron chi connectivity index (χ4n) is 4.28. The highest BCUT2D eigenvalue weighted by Crippen LogP contribution is 2.46. The summed E-state index contributed by atoms with van der Waals surface area (Å²) in [6, 6.07) is 27.4. The molecule has 1 N–H and O–H groups in total. The fraction of sp³-hybridized carbons (Fsp3) is 0.0370. The molecule has 0 heterocycles. The highest BCUT2D eigenvalue weighted by molar-refractivity contribution is 6.30. The van der Waals surface area contributed by atoms with Crippen LogP contribution in [0.15, 0.2) is 91.0 Å². The quantitative estimate of drug-likeness (QED) is 0.379. The molecule has 1 aliphatic carbocycles. The number of hydrogen-bond acceptors (Lipinski definition) is 1. The monoisotopic (exact) mass is 412 g/mol. The lowest BCUT2D eigenvalue weighted by atomic mass is 9.75. The first kappa shape index (κ1) is 18.8. The first-order valence-electron chi connectivity index (χ1n) is 9.73. The third kappa shape index (κ3) is 2.97. The van der Waals surface area contributed by atoms with Gasteiger partial charge < -0.3 is 5.11 Å². The van der Waals surface area contributed by atoms with Crippen LogP contribution in [0.4, 0.5) is 4.39 Å². The van der Waals surface area contributed by atoms with Gasteiger partial charge in [0.25, 0.3) is 0 Å². The van der Waals surface area contributed by atoms with Crippen molar-refractivity contribution in [3.63, 3.8) is 0 Å². The molecule has 1 atom stereocenters. The molecule has 1 unspecified atom stereocenters. The predicted octanol–water partition coefficient (Wildman–Crippen LogP) is 6.91. The maximum Gasteiger partial charge on any atom is 0.142 e. The molecule has 30 heavy (non-hydrogen) atoms. The van der Waals surface area contributed by atoms with Crippen LogP contribution < -0.4 is 0 Å². The van der Waals surface area contributed by atoms with Crippen molar-refractivity contribution in [3.05, 3.63) is 130 Å². The lowest BCUT2D eigenvalue weighted by Gasteiger charge is -2.33. The zero-order valence-electron chi connectivity index (χ0n) is 16.0. The van der Waals surface area contributed by atoms with Crippen molar-refractivity contribution >= 4 is 23.8 Å². The minimum Gasteiger partial charge on any atom is -0.376 e. The molecule has 0 saturated carbocycles. The summed E-state index contributed by atoms with van der Waals surface area (Å²) in [7, 11) is 0. The summed E-state index contributed by atoms with van der Waals surface area (Å²) < 4.78 is 14.4. The summed E-state index contributed by atoms with van der Waals surface area (Å²) >= 11 is 6.25. The second-order valence-corrected chi connectivity index (χ2v) is 7.85. The maximum atomic E-state index is 14.4. The van der Waals surface area contributed by atoms with E-state index in [4.69, 9.17) is 11.6 Å². The molecular weight excluding hydrogens is 395 g/mol. The molecule has 1 aliphatic rings. The van der Waals surface area contributed by atoms with Gasteiger partial charge in [0.15, 0.2) is 0 Å². The molecule has 5 rings (SSSR count). The van der Waals surface area contributed by atoms with Gasteiger partial charge in [-0.1, -0.05) is 90.5 Å². The Hall–Kier alpha value is -3.20. The van der Waals surface area contributed by atoms with Gasteiger partial charge in [0.05, 0.1) is 0 Å². The van der Waals surface area contributed by atoms with Crippen molar-refractivity contribution in [2.75, 3.05) is 0 Å². The molecule has 0 bridgehead atoms. The molecule has 3 heteroatoms. The molecule has 0 saturated heterocycles. The Bertz CT molecular complexity index is 1290. The number of rotatable bonds is 2. The number of benzene rings is 4. The van der Waals surface area contributed by atoms with E-state index >= 15 is 0 Å². The van der Waals surface area contributed by atoms with E-state index < -0.39 is 5.60 Å². The summed E-state index contributed by atoms with van der Waals surface area (Å²) in [4.78, 5) is 0. The zero-order chi connectivity index (χ0) is 20.7. The van der Waals surface area contributed by atoms with Crippen LogP contribution in [0.1, 0.15) is 27.8 Å². The summed E-state index contributed by atoms with van der Waals surface area (Å²) in [5, 5.41) is 13.0. The first-order chi connectivity index (χ1) is 14.6. The van der Waals surface area contributed by atoms with Gasteiger partial charge >= 0.3 is 0 Å². The lowest BCUT2D eigenvalue weighted by Crippen LogP contribution is -2.31. The van der Waals surface area contributed by atoms with Crippen LogP contribution in [0.3, 0.4) is 0 Å². The van der Waals surface area contributed by atoms with E-state index in [9.17, 15) is 9.50 Å². The van der Waals surface area contributed by atoms with E-state index in [0.717, 1.165) is 22.3 Å². The Labute approximate surface area is 179 Å². The minimum absolute atomic E-state index is 0.389. The van der Waals surface area contributed by atoms with Gasteiger partial charge in [-0.3, -0.25) is 0 Å². The summed E-state index contributed by atoms with van der Waals surface area (Å²) in [5.74, 6) is -0.389. The van der Waals surface area contributed by atoms with Crippen LogP contribution in [0.2, 0.25) is 5.02 Å². The molecule has 4 aromatic carbocycles. The van der Waals surface area contributed by atoms with Gasteiger partial charge in [0.2, 0.25) is 0 Å². The Kier molecular flexibility index (Phi) is 4.54. The normalized spacial score (nSPS) is 17.2. The molecular formula is C27H18ClFO. The smallest absolute Gasteiger partial charge is 0.142 e. The zero-order valence-corrected chi connectivity index (χ0v) is 16.8. The fourth-order valence-corrected chi connectivity index (χ4v) is 4.47. The van der Waals surface area contributed by atoms with Crippen LogP contribution in [0.5, 0.6) is 0 Å². The van der Waals surface area contributed by atoms with E-state index in [1.807, 2.05) is 84.9 Å². The average Bonchev–Trinajstić information content (AvgIpc) is 2.89. The van der Waals surface area contributed by atoms with Crippen molar-refractivity contribution in [2.45, 2.75) is 5.60 Å². The van der Waals surface area contributed by atoms with E-state index in [1.54, 1.807) is 6.07 Å². The Morgan fingerprint density at radius 1 is 0.667 bits per heavy atom. The van der Waals surface area contributed by atoms with Gasteiger partial charge in [-0.05, 0) is 52.1 Å². The maximum absolute atomic E-state index is 14.4. The second kappa shape index (κ2) is 7.24. The predicted molar refractivity (Wildman–Crippen MR) is 121 cm³/mol. The second-order valence-electron chi connectivity index (χ2n) is 7.42. The minimum atomic E-state index is -1.55. The van der Waals surface area contributed by atoms with E-state index in [-0.39, 0.29) is 5.82 Å². The molecule has 0 fully saturated rings.